The zero-order valence-corrected chi connectivity index (χ0v) is 20.6. The largest absolute Gasteiger partial charge is 0.373 e. The number of hydrogen-bond acceptors (Lipinski definition) is 4. The molecule has 1 saturated heterocycles. The van der Waals surface area contributed by atoms with Crippen molar-refractivity contribution in [3.8, 4) is 0 Å². The lowest BCUT2D eigenvalue weighted by molar-refractivity contribution is -0.0561. The number of ether oxygens (including phenoxy) is 1. The predicted molar refractivity (Wildman–Crippen MR) is 132 cm³/mol. The van der Waals surface area contributed by atoms with Crippen LogP contribution in [0.1, 0.15) is 60.1 Å². The molecule has 2 aromatic heterocycles. The van der Waals surface area contributed by atoms with Crippen molar-refractivity contribution in [3.05, 3.63) is 87.1 Å². The first-order valence-electron chi connectivity index (χ1n) is 12.0. The van der Waals surface area contributed by atoms with Crippen LogP contribution in [0.15, 0.2) is 54.7 Å². The van der Waals surface area contributed by atoms with Gasteiger partial charge in [-0.2, -0.15) is 4.39 Å². The van der Waals surface area contributed by atoms with E-state index in [1.807, 2.05) is 19.2 Å². The zero-order valence-electron chi connectivity index (χ0n) is 19.8. The Balaban J connectivity index is 1.47. The average Bonchev–Trinajstić information content (AvgIpc) is 3.45. The molecule has 1 unspecified atom stereocenters. The summed E-state index contributed by atoms with van der Waals surface area (Å²) in [7, 11) is 0. The highest BCUT2D eigenvalue weighted by Crippen LogP contribution is 2.52. The monoisotopic (exact) mass is 464 g/mol. The lowest BCUT2D eigenvalue weighted by Gasteiger charge is -2.43. The molecule has 1 aromatic carbocycles. The third-order valence-corrected chi connectivity index (χ3v) is 8.78. The number of pyridine rings is 1. The first-order chi connectivity index (χ1) is 15.9. The van der Waals surface area contributed by atoms with Gasteiger partial charge in [-0.25, -0.2) is 0 Å². The lowest BCUT2D eigenvalue weighted by Crippen LogP contribution is -2.43. The van der Waals surface area contributed by atoms with Crippen LogP contribution < -0.4 is 0 Å². The van der Waals surface area contributed by atoms with Gasteiger partial charge in [-0.15, -0.1) is 11.3 Å². The Morgan fingerprint density at radius 3 is 2.79 bits per heavy atom. The molecular weight excluding hydrogens is 431 g/mol. The van der Waals surface area contributed by atoms with Gasteiger partial charge in [0.25, 0.3) is 0 Å². The highest BCUT2D eigenvalue weighted by molar-refractivity contribution is 7.10. The highest BCUT2D eigenvalue weighted by Gasteiger charge is 2.50. The standard InChI is InChI=1S/C28H33FN2OS/c1-20-8-9-22(18-30-20)27(2,3)31-16-15-28(19-31,14-12-23-10-11-25(29)33-23)26-24-7-5-4-6-21(24)13-17-32-26/h4-11,18,26H,12-17,19H2,1-3H3/t26?,28-/m1/s1. The van der Waals surface area contributed by atoms with Crippen LogP contribution in [0.25, 0.3) is 0 Å². The highest BCUT2D eigenvalue weighted by atomic mass is 32.1. The Morgan fingerprint density at radius 2 is 2.03 bits per heavy atom. The predicted octanol–water partition coefficient (Wildman–Crippen LogP) is 6.46. The van der Waals surface area contributed by atoms with E-state index in [-0.39, 0.29) is 22.2 Å². The second-order valence-electron chi connectivity index (χ2n) is 10.2. The number of halogens is 1. The Kier molecular flexibility index (Phi) is 6.15. The SMILES string of the molecule is Cc1ccc(C(C)(C)N2CC[C@@](CCc3ccc(F)s3)(C3OCCc4ccccc43)C2)cn1. The van der Waals surface area contributed by atoms with Gasteiger partial charge in [0.15, 0.2) is 5.13 Å². The van der Waals surface area contributed by atoms with E-state index >= 15 is 0 Å². The van der Waals surface area contributed by atoms with Crippen LogP contribution in [-0.2, 0) is 23.1 Å². The molecule has 0 amide bonds. The maximum Gasteiger partial charge on any atom is 0.176 e. The fourth-order valence-corrected chi connectivity index (χ4v) is 6.42. The number of likely N-dealkylation sites (tertiary alicyclic amines) is 1. The van der Waals surface area contributed by atoms with E-state index in [1.165, 1.54) is 28.0 Å². The number of aryl methyl sites for hydroxylation is 2. The van der Waals surface area contributed by atoms with Crippen molar-refractivity contribution in [3.63, 3.8) is 0 Å². The van der Waals surface area contributed by atoms with E-state index in [0.29, 0.717) is 0 Å². The van der Waals surface area contributed by atoms with Gasteiger partial charge in [0.1, 0.15) is 0 Å². The number of nitrogens with zero attached hydrogens (tertiary/aromatic N) is 2. The minimum absolute atomic E-state index is 0.00755. The van der Waals surface area contributed by atoms with Gasteiger partial charge >= 0.3 is 0 Å². The molecule has 0 spiro atoms. The summed E-state index contributed by atoms with van der Waals surface area (Å²) in [6.45, 7) is 9.38. The molecule has 0 aliphatic carbocycles. The number of thiophene rings is 1. The molecule has 174 valence electrons. The molecule has 1 fully saturated rings. The first-order valence-corrected chi connectivity index (χ1v) is 12.8. The van der Waals surface area contributed by atoms with Gasteiger partial charge in [-0.3, -0.25) is 9.88 Å². The van der Waals surface area contributed by atoms with E-state index < -0.39 is 0 Å². The average molecular weight is 465 g/mol. The smallest absolute Gasteiger partial charge is 0.176 e. The summed E-state index contributed by atoms with van der Waals surface area (Å²) in [6.07, 6.45) is 6.02. The Bertz CT molecular complexity index is 1110. The van der Waals surface area contributed by atoms with Gasteiger partial charge in [-0.1, -0.05) is 30.3 Å². The molecule has 3 nitrogen and oxygen atoms in total. The van der Waals surface area contributed by atoms with Crippen LogP contribution >= 0.6 is 11.3 Å². The van der Waals surface area contributed by atoms with Crippen LogP contribution in [0.2, 0.25) is 0 Å². The molecule has 2 atom stereocenters. The van der Waals surface area contributed by atoms with Crippen molar-refractivity contribution < 1.29 is 9.13 Å². The van der Waals surface area contributed by atoms with Crippen molar-refractivity contribution in [2.75, 3.05) is 19.7 Å². The summed E-state index contributed by atoms with van der Waals surface area (Å²) in [5, 5.41) is -0.0978. The lowest BCUT2D eigenvalue weighted by atomic mass is 9.72. The number of benzene rings is 1. The van der Waals surface area contributed by atoms with Crippen LogP contribution in [-0.4, -0.2) is 29.6 Å². The topological polar surface area (TPSA) is 25.4 Å². The fourth-order valence-electron chi connectivity index (χ4n) is 5.69. The summed E-state index contributed by atoms with van der Waals surface area (Å²) < 4.78 is 20.2. The molecule has 0 radical (unpaired) electrons. The number of rotatable bonds is 6. The molecule has 2 aliphatic heterocycles. The maximum atomic E-state index is 13.7. The van der Waals surface area contributed by atoms with Gasteiger partial charge in [-0.05, 0) is 87.9 Å². The first kappa shape index (κ1) is 22.7. The summed E-state index contributed by atoms with van der Waals surface area (Å²) in [6, 6.07) is 16.6. The summed E-state index contributed by atoms with van der Waals surface area (Å²) in [4.78, 5) is 8.29. The van der Waals surface area contributed by atoms with Crippen molar-refractivity contribution in [2.24, 2.45) is 5.41 Å². The molecule has 0 saturated carbocycles. The molecule has 5 heteroatoms. The molecule has 0 bridgehead atoms. The maximum absolute atomic E-state index is 13.7. The van der Waals surface area contributed by atoms with E-state index in [0.717, 1.165) is 56.0 Å². The van der Waals surface area contributed by atoms with E-state index in [9.17, 15) is 4.39 Å². The van der Waals surface area contributed by atoms with E-state index in [4.69, 9.17) is 4.74 Å². The van der Waals surface area contributed by atoms with Gasteiger partial charge < -0.3 is 4.74 Å². The van der Waals surface area contributed by atoms with Gasteiger partial charge in [0.05, 0.1) is 12.7 Å². The second-order valence-corrected chi connectivity index (χ2v) is 11.3. The van der Waals surface area contributed by atoms with Crippen molar-refractivity contribution in [1.82, 2.24) is 9.88 Å². The molecular formula is C28H33FN2OS. The van der Waals surface area contributed by atoms with Crippen molar-refractivity contribution in [2.45, 2.75) is 58.1 Å². The van der Waals surface area contributed by atoms with Gasteiger partial charge in [0, 0.05) is 34.3 Å². The molecule has 5 rings (SSSR count). The van der Waals surface area contributed by atoms with Crippen LogP contribution in [0, 0.1) is 17.5 Å². The molecule has 0 N–H and O–H groups in total. The van der Waals surface area contributed by atoms with E-state index in [2.05, 4.69) is 60.1 Å². The number of fused-ring (bicyclic) bond motifs is 1. The Morgan fingerprint density at radius 1 is 1.18 bits per heavy atom. The minimum atomic E-state index is -0.119. The number of aromatic nitrogens is 1. The number of hydrogen-bond donors (Lipinski definition) is 0. The van der Waals surface area contributed by atoms with Crippen molar-refractivity contribution in [1.29, 1.82) is 0 Å². The van der Waals surface area contributed by atoms with Crippen LogP contribution in [0.5, 0.6) is 0 Å². The van der Waals surface area contributed by atoms with Crippen molar-refractivity contribution >= 4 is 11.3 Å². The third-order valence-electron chi connectivity index (χ3n) is 7.84. The molecule has 2 aliphatic rings. The molecule has 3 aromatic rings. The molecule has 4 heterocycles. The minimum Gasteiger partial charge on any atom is -0.373 e. The van der Waals surface area contributed by atoms with Crippen LogP contribution in [0.3, 0.4) is 0 Å². The fraction of sp³-hybridized carbons (Fsp3) is 0.464. The summed E-state index contributed by atoms with van der Waals surface area (Å²) >= 11 is 1.28. The normalized spacial score (nSPS) is 23.6. The third kappa shape index (κ3) is 4.39. The molecule has 33 heavy (non-hydrogen) atoms. The quantitative estimate of drug-likeness (QED) is 0.418. The summed E-state index contributed by atoms with van der Waals surface area (Å²) in [5.74, 6) is 0. The van der Waals surface area contributed by atoms with E-state index in [1.54, 1.807) is 6.07 Å². The summed E-state index contributed by atoms with van der Waals surface area (Å²) in [5.41, 5.74) is 4.92. The Hall–Kier alpha value is -2.08. The zero-order chi connectivity index (χ0) is 23.1. The van der Waals surface area contributed by atoms with Gasteiger partial charge in [0.2, 0.25) is 0 Å². The van der Waals surface area contributed by atoms with Crippen LogP contribution in [0.4, 0.5) is 4.39 Å². The second kappa shape index (κ2) is 8.94. The Labute approximate surface area is 200 Å².